The van der Waals surface area contributed by atoms with Gasteiger partial charge >= 0.3 is 5.97 Å². The number of likely N-dealkylation sites (tertiary alicyclic amines) is 1. The number of hydrogen-bond acceptors (Lipinski definition) is 2. The van der Waals surface area contributed by atoms with Crippen LogP contribution in [-0.4, -0.2) is 28.1 Å². The van der Waals surface area contributed by atoms with Gasteiger partial charge in [-0.3, -0.25) is 9.69 Å². The molecule has 1 atom stereocenters. The molecule has 1 unspecified atom stereocenters. The molecular formula is C15H19BrFNO2. The summed E-state index contributed by atoms with van der Waals surface area (Å²) in [5.41, 5.74) is -0.273. The molecule has 110 valence electrons. The molecular weight excluding hydrogens is 325 g/mol. The second-order valence-corrected chi connectivity index (χ2v) is 6.26. The van der Waals surface area contributed by atoms with Gasteiger partial charge in [-0.1, -0.05) is 35.3 Å². The van der Waals surface area contributed by atoms with E-state index in [1.54, 1.807) is 12.1 Å². The number of carboxylic acid groups (broad SMARTS) is 1. The molecule has 3 nitrogen and oxygen atoms in total. The lowest BCUT2D eigenvalue weighted by Crippen LogP contribution is -2.50. The molecule has 1 heterocycles. The molecule has 5 heteroatoms. The summed E-state index contributed by atoms with van der Waals surface area (Å²) in [6, 6.07) is 4.93. The fourth-order valence-electron chi connectivity index (χ4n) is 3.07. The molecule has 0 spiro atoms. The van der Waals surface area contributed by atoms with Crippen LogP contribution in [-0.2, 0) is 11.3 Å². The number of aliphatic carboxylic acids is 1. The van der Waals surface area contributed by atoms with E-state index < -0.39 is 11.5 Å². The highest BCUT2D eigenvalue weighted by atomic mass is 79.9. The van der Waals surface area contributed by atoms with Crippen molar-refractivity contribution in [2.75, 3.05) is 6.54 Å². The van der Waals surface area contributed by atoms with Gasteiger partial charge in [0.15, 0.2) is 0 Å². The summed E-state index contributed by atoms with van der Waals surface area (Å²) < 4.78 is 14.6. The van der Waals surface area contributed by atoms with Gasteiger partial charge in [-0.25, -0.2) is 4.39 Å². The minimum Gasteiger partial charge on any atom is -0.480 e. The zero-order valence-corrected chi connectivity index (χ0v) is 13.1. The van der Waals surface area contributed by atoms with Gasteiger partial charge in [-0.05, 0) is 37.9 Å². The second kappa shape index (κ2) is 6.22. The van der Waals surface area contributed by atoms with Crippen molar-refractivity contribution in [3.8, 4) is 0 Å². The van der Waals surface area contributed by atoms with Crippen LogP contribution >= 0.6 is 15.9 Å². The smallest absolute Gasteiger partial charge is 0.324 e. The minimum absolute atomic E-state index is 0.290. The van der Waals surface area contributed by atoms with Crippen molar-refractivity contribution < 1.29 is 14.3 Å². The lowest BCUT2D eigenvalue weighted by atomic mass is 9.90. The standard InChI is InChI=1S/C15H19BrFNO2/c1-2-6-15(14(19)20)7-3-8-18(15)10-11-4-5-12(16)9-13(11)17/h4-5,9H,2-3,6-8,10H2,1H3,(H,19,20). The van der Waals surface area contributed by atoms with Crippen LogP contribution in [0.4, 0.5) is 4.39 Å². The Morgan fingerprint density at radius 3 is 2.90 bits per heavy atom. The van der Waals surface area contributed by atoms with E-state index in [0.29, 0.717) is 36.0 Å². The van der Waals surface area contributed by atoms with Crippen LogP contribution in [0.15, 0.2) is 22.7 Å². The van der Waals surface area contributed by atoms with Crippen molar-refractivity contribution in [1.29, 1.82) is 0 Å². The summed E-state index contributed by atoms with van der Waals surface area (Å²) in [7, 11) is 0. The topological polar surface area (TPSA) is 40.5 Å². The van der Waals surface area contributed by atoms with E-state index in [0.717, 1.165) is 12.8 Å². The third kappa shape index (κ3) is 2.88. The van der Waals surface area contributed by atoms with Gasteiger partial charge in [0.25, 0.3) is 0 Å². The Labute approximate surface area is 126 Å². The first-order chi connectivity index (χ1) is 9.49. The van der Waals surface area contributed by atoms with Gasteiger partial charge in [0.2, 0.25) is 0 Å². The predicted octanol–water partition coefficient (Wildman–Crippen LogP) is 3.81. The first-order valence-electron chi connectivity index (χ1n) is 6.92. The fourth-order valence-corrected chi connectivity index (χ4v) is 3.40. The van der Waals surface area contributed by atoms with Crippen molar-refractivity contribution in [3.05, 3.63) is 34.1 Å². The van der Waals surface area contributed by atoms with Crippen molar-refractivity contribution in [2.45, 2.75) is 44.7 Å². The average molecular weight is 344 g/mol. The van der Waals surface area contributed by atoms with Crippen LogP contribution in [0.25, 0.3) is 0 Å². The molecule has 1 aliphatic heterocycles. The Morgan fingerprint density at radius 1 is 1.55 bits per heavy atom. The van der Waals surface area contributed by atoms with E-state index in [4.69, 9.17) is 0 Å². The first-order valence-corrected chi connectivity index (χ1v) is 7.71. The monoisotopic (exact) mass is 343 g/mol. The molecule has 1 N–H and O–H groups in total. The first kappa shape index (κ1) is 15.4. The zero-order chi connectivity index (χ0) is 14.8. The Morgan fingerprint density at radius 2 is 2.30 bits per heavy atom. The van der Waals surface area contributed by atoms with E-state index in [9.17, 15) is 14.3 Å². The lowest BCUT2D eigenvalue weighted by molar-refractivity contribution is -0.150. The van der Waals surface area contributed by atoms with Crippen molar-refractivity contribution in [2.24, 2.45) is 0 Å². The van der Waals surface area contributed by atoms with Crippen molar-refractivity contribution in [3.63, 3.8) is 0 Å². The van der Waals surface area contributed by atoms with Crippen LogP contribution in [0.5, 0.6) is 0 Å². The van der Waals surface area contributed by atoms with Crippen molar-refractivity contribution >= 4 is 21.9 Å². The SMILES string of the molecule is CCCC1(C(=O)O)CCCN1Cc1ccc(Br)cc1F. The van der Waals surface area contributed by atoms with E-state index >= 15 is 0 Å². The highest BCUT2D eigenvalue weighted by molar-refractivity contribution is 9.10. The Balaban J connectivity index is 2.24. The van der Waals surface area contributed by atoms with E-state index in [2.05, 4.69) is 15.9 Å². The van der Waals surface area contributed by atoms with Crippen molar-refractivity contribution in [1.82, 2.24) is 4.90 Å². The average Bonchev–Trinajstić information content (AvgIpc) is 2.77. The summed E-state index contributed by atoms with van der Waals surface area (Å²) in [5.74, 6) is -1.07. The van der Waals surface area contributed by atoms with E-state index in [1.807, 2.05) is 11.8 Å². The maximum absolute atomic E-state index is 13.9. The molecule has 1 aliphatic rings. The summed E-state index contributed by atoms with van der Waals surface area (Å²) in [6.45, 7) is 3.05. The van der Waals surface area contributed by atoms with Crippen LogP contribution in [0.3, 0.4) is 0 Å². The van der Waals surface area contributed by atoms with Crippen LogP contribution < -0.4 is 0 Å². The fraction of sp³-hybridized carbons (Fsp3) is 0.533. The lowest BCUT2D eigenvalue weighted by Gasteiger charge is -2.34. The molecule has 1 aromatic carbocycles. The summed E-state index contributed by atoms with van der Waals surface area (Å²) in [6.07, 6.45) is 2.92. The third-order valence-corrected chi connectivity index (χ3v) is 4.55. The van der Waals surface area contributed by atoms with Crippen LogP contribution in [0, 0.1) is 5.82 Å². The van der Waals surface area contributed by atoms with Gasteiger partial charge in [0.1, 0.15) is 11.4 Å². The minimum atomic E-state index is -0.825. The highest BCUT2D eigenvalue weighted by Crippen LogP contribution is 2.35. The van der Waals surface area contributed by atoms with E-state index in [-0.39, 0.29) is 5.82 Å². The second-order valence-electron chi connectivity index (χ2n) is 5.35. The molecule has 20 heavy (non-hydrogen) atoms. The Kier molecular flexibility index (Phi) is 4.81. The number of rotatable bonds is 5. The van der Waals surface area contributed by atoms with Crippen LogP contribution in [0.2, 0.25) is 0 Å². The summed E-state index contributed by atoms with van der Waals surface area (Å²) in [5, 5.41) is 9.61. The third-order valence-electron chi connectivity index (χ3n) is 4.06. The molecule has 2 rings (SSSR count). The molecule has 0 aromatic heterocycles. The van der Waals surface area contributed by atoms with Gasteiger partial charge in [-0.15, -0.1) is 0 Å². The Hall–Kier alpha value is -0.940. The number of benzene rings is 1. The molecule has 1 fully saturated rings. The number of nitrogens with zero attached hydrogens (tertiary/aromatic N) is 1. The highest BCUT2D eigenvalue weighted by Gasteiger charge is 2.46. The van der Waals surface area contributed by atoms with Gasteiger partial charge in [0, 0.05) is 16.6 Å². The molecule has 1 aromatic rings. The maximum Gasteiger partial charge on any atom is 0.324 e. The van der Waals surface area contributed by atoms with E-state index in [1.165, 1.54) is 6.07 Å². The van der Waals surface area contributed by atoms with Crippen LogP contribution in [0.1, 0.15) is 38.2 Å². The Bertz CT molecular complexity index is 509. The number of carboxylic acids is 1. The molecule has 0 radical (unpaired) electrons. The summed E-state index contributed by atoms with van der Waals surface area (Å²) >= 11 is 3.23. The molecule has 1 saturated heterocycles. The van der Waals surface area contributed by atoms with Gasteiger partial charge < -0.3 is 5.11 Å². The largest absolute Gasteiger partial charge is 0.480 e. The summed E-state index contributed by atoms with van der Waals surface area (Å²) in [4.78, 5) is 13.6. The molecule has 0 saturated carbocycles. The maximum atomic E-state index is 13.9. The molecule has 0 bridgehead atoms. The number of carbonyl (C=O) groups is 1. The quantitative estimate of drug-likeness (QED) is 0.883. The van der Waals surface area contributed by atoms with Gasteiger partial charge in [0.05, 0.1) is 0 Å². The zero-order valence-electron chi connectivity index (χ0n) is 11.5. The normalized spacial score (nSPS) is 23.1. The predicted molar refractivity (Wildman–Crippen MR) is 79.0 cm³/mol. The number of hydrogen-bond donors (Lipinski definition) is 1. The van der Waals surface area contributed by atoms with Gasteiger partial charge in [-0.2, -0.15) is 0 Å². The molecule has 0 aliphatic carbocycles. The molecule has 0 amide bonds. The number of halogens is 2.